The predicted molar refractivity (Wildman–Crippen MR) is 95.7 cm³/mol. The van der Waals surface area contributed by atoms with Gasteiger partial charge in [-0.3, -0.25) is 4.79 Å². The number of fused-ring (bicyclic) bond motifs is 1. The van der Waals surface area contributed by atoms with Crippen molar-refractivity contribution in [3.05, 3.63) is 75.6 Å². The Morgan fingerprint density at radius 3 is 2.68 bits per heavy atom. The van der Waals surface area contributed by atoms with E-state index in [2.05, 4.69) is 5.32 Å². The van der Waals surface area contributed by atoms with Crippen LogP contribution in [0.5, 0.6) is 5.75 Å². The molecule has 25 heavy (non-hydrogen) atoms. The van der Waals surface area contributed by atoms with E-state index in [1.54, 1.807) is 12.1 Å². The summed E-state index contributed by atoms with van der Waals surface area (Å²) in [6, 6.07) is 14.5. The minimum absolute atomic E-state index is 0.104. The number of aryl methyl sites for hydroxylation is 2. The van der Waals surface area contributed by atoms with Crippen LogP contribution in [0.2, 0.25) is 0 Å². The maximum atomic E-state index is 12.0. The second-order valence-electron chi connectivity index (χ2n) is 5.90. The summed E-state index contributed by atoms with van der Waals surface area (Å²) in [5.74, 6) is 0.265. The minimum atomic E-state index is -0.405. The van der Waals surface area contributed by atoms with E-state index in [4.69, 9.17) is 9.15 Å². The van der Waals surface area contributed by atoms with E-state index in [0.717, 1.165) is 22.1 Å². The van der Waals surface area contributed by atoms with E-state index in [0.29, 0.717) is 17.9 Å². The Labute approximate surface area is 145 Å². The lowest BCUT2D eigenvalue weighted by Gasteiger charge is -2.10. The van der Waals surface area contributed by atoms with Gasteiger partial charge in [-0.2, -0.15) is 0 Å². The van der Waals surface area contributed by atoms with Gasteiger partial charge in [-0.05, 0) is 42.7 Å². The first-order valence-corrected chi connectivity index (χ1v) is 8.01. The number of rotatable bonds is 5. The molecule has 1 amide bonds. The van der Waals surface area contributed by atoms with Crippen molar-refractivity contribution in [2.45, 2.75) is 20.4 Å². The molecular formula is C20H19NO4. The molecule has 1 heterocycles. The van der Waals surface area contributed by atoms with Gasteiger partial charge in [0, 0.05) is 24.1 Å². The van der Waals surface area contributed by atoms with Crippen LogP contribution in [0.4, 0.5) is 0 Å². The van der Waals surface area contributed by atoms with Gasteiger partial charge < -0.3 is 14.5 Å². The van der Waals surface area contributed by atoms with Crippen molar-refractivity contribution >= 4 is 16.9 Å². The van der Waals surface area contributed by atoms with Gasteiger partial charge >= 0.3 is 5.63 Å². The molecule has 0 saturated heterocycles. The summed E-state index contributed by atoms with van der Waals surface area (Å²) in [6.45, 7) is 4.20. The third kappa shape index (κ3) is 4.07. The highest BCUT2D eigenvalue weighted by atomic mass is 16.5. The summed E-state index contributed by atoms with van der Waals surface area (Å²) in [5, 5.41) is 3.67. The highest BCUT2D eigenvalue weighted by molar-refractivity contribution is 5.81. The number of benzene rings is 2. The van der Waals surface area contributed by atoms with Gasteiger partial charge in [0.05, 0.1) is 0 Å². The fourth-order valence-corrected chi connectivity index (χ4v) is 2.60. The zero-order valence-corrected chi connectivity index (χ0v) is 14.2. The van der Waals surface area contributed by atoms with Gasteiger partial charge in [-0.25, -0.2) is 4.79 Å². The zero-order valence-electron chi connectivity index (χ0n) is 14.2. The molecule has 0 aliphatic heterocycles. The molecule has 2 aromatic carbocycles. The average molecular weight is 337 g/mol. The molecule has 0 aliphatic rings. The smallest absolute Gasteiger partial charge is 0.336 e. The van der Waals surface area contributed by atoms with Gasteiger partial charge in [-0.1, -0.05) is 24.3 Å². The third-order valence-corrected chi connectivity index (χ3v) is 4.03. The minimum Gasteiger partial charge on any atom is -0.484 e. The van der Waals surface area contributed by atoms with E-state index >= 15 is 0 Å². The standard InChI is InChI=1S/C20H19NO4/c1-13-5-3-4-6-15(13)11-21-19(22)12-24-16-7-8-17-14(2)9-20(23)25-18(17)10-16/h3-10H,11-12H2,1-2H3,(H,21,22). The van der Waals surface area contributed by atoms with Crippen molar-refractivity contribution < 1.29 is 13.9 Å². The van der Waals surface area contributed by atoms with Crippen molar-refractivity contribution in [2.24, 2.45) is 0 Å². The topological polar surface area (TPSA) is 68.5 Å². The van der Waals surface area contributed by atoms with E-state index in [1.165, 1.54) is 6.07 Å². The molecule has 128 valence electrons. The fraction of sp³-hybridized carbons (Fsp3) is 0.200. The Bertz CT molecular complexity index is 975. The Morgan fingerprint density at radius 2 is 1.88 bits per heavy atom. The van der Waals surface area contributed by atoms with E-state index in [1.807, 2.05) is 44.2 Å². The van der Waals surface area contributed by atoms with Crippen LogP contribution in [0.1, 0.15) is 16.7 Å². The summed E-state index contributed by atoms with van der Waals surface area (Å²) in [5.41, 5.74) is 3.08. The van der Waals surface area contributed by atoms with E-state index in [-0.39, 0.29) is 12.5 Å². The van der Waals surface area contributed by atoms with Gasteiger partial charge in [-0.15, -0.1) is 0 Å². The van der Waals surface area contributed by atoms with Crippen LogP contribution in [0.3, 0.4) is 0 Å². The highest BCUT2D eigenvalue weighted by Gasteiger charge is 2.07. The Kier molecular flexibility index (Phi) is 4.84. The fourth-order valence-electron chi connectivity index (χ4n) is 2.60. The first kappa shape index (κ1) is 16.8. The van der Waals surface area contributed by atoms with Crippen molar-refractivity contribution in [2.75, 3.05) is 6.61 Å². The van der Waals surface area contributed by atoms with Gasteiger partial charge in [0.2, 0.25) is 0 Å². The monoisotopic (exact) mass is 337 g/mol. The van der Waals surface area contributed by atoms with Crippen LogP contribution in [0, 0.1) is 13.8 Å². The van der Waals surface area contributed by atoms with Crippen LogP contribution in [0.25, 0.3) is 11.0 Å². The molecule has 0 spiro atoms. The molecular weight excluding hydrogens is 318 g/mol. The number of hydrogen-bond donors (Lipinski definition) is 1. The maximum Gasteiger partial charge on any atom is 0.336 e. The normalized spacial score (nSPS) is 10.6. The predicted octanol–water partition coefficient (Wildman–Crippen LogP) is 3.11. The number of carbonyl (C=O) groups excluding carboxylic acids is 1. The number of ether oxygens (including phenoxy) is 1. The molecule has 3 aromatic rings. The van der Waals surface area contributed by atoms with Crippen LogP contribution in [-0.2, 0) is 11.3 Å². The zero-order chi connectivity index (χ0) is 17.8. The van der Waals surface area contributed by atoms with Crippen molar-refractivity contribution in [1.82, 2.24) is 5.32 Å². The average Bonchev–Trinajstić information content (AvgIpc) is 2.58. The third-order valence-electron chi connectivity index (χ3n) is 4.03. The molecule has 5 nitrogen and oxygen atoms in total. The first-order valence-electron chi connectivity index (χ1n) is 8.01. The lowest BCUT2D eigenvalue weighted by molar-refractivity contribution is -0.123. The molecule has 0 aliphatic carbocycles. The number of carbonyl (C=O) groups is 1. The second kappa shape index (κ2) is 7.21. The van der Waals surface area contributed by atoms with Gasteiger partial charge in [0.1, 0.15) is 11.3 Å². The van der Waals surface area contributed by atoms with Gasteiger partial charge in [0.25, 0.3) is 5.91 Å². The van der Waals surface area contributed by atoms with E-state index < -0.39 is 5.63 Å². The lowest BCUT2D eigenvalue weighted by atomic mass is 10.1. The molecule has 3 rings (SSSR count). The summed E-state index contributed by atoms with van der Waals surface area (Å²) >= 11 is 0. The molecule has 0 bridgehead atoms. The molecule has 1 aromatic heterocycles. The Hall–Kier alpha value is -3.08. The molecule has 1 N–H and O–H groups in total. The number of nitrogens with one attached hydrogen (secondary N) is 1. The molecule has 0 atom stereocenters. The number of amides is 1. The summed E-state index contributed by atoms with van der Waals surface area (Å²) in [6.07, 6.45) is 0. The Balaban J connectivity index is 1.61. The van der Waals surface area contributed by atoms with E-state index in [9.17, 15) is 9.59 Å². The van der Waals surface area contributed by atoms with Crippen molar-refractivity contribution in [1.29, 1.82) is 0 Å². The summed E-state index contributed by atoms with van der Waals surface area (Å²) in [7, 11) is 0. The largest absolute Gasteiger partial charge is 0.484 e. The first-order chi connectivity index (χ1) is 12.0. The second-order valence-corrected chi connectivity index (χ2v) is 5.90. The van der Waals surface area contributed by atoms with Crippen LogP contribution in [0.15, 0.2) is 57.7 Å². The van der Waals surface area contributed by atoms with Crippen LogP contribution < -0.4 is 15.7 Å². The van der Waals surface area contributed by atoms with Crippen molar-refractivity contribution in [3.63, 3.8) is 0 Å². The maximum absolute atomic E-state index is 12.0. The highest BCUT2D eigenvalue weighted by Crippen LogP contribution is 2.22. The summed E-state index contributed by atoms with van der Waals surface area (Å²) in [4.78, 5) is 23.4. The number of hydrogen-bond acceptors (Lipinski definition) is 4. The molecule has 5 heteroatoms. The van der Waals surface area contributed by atoms with Gasteiger partial charge in [0.15, 0.2) is 6.61 Å². The van der Waals surface area contributed by atoms with Crippen molar-refractivity contribution in [3.8, 4) is 5.75 Å². The molecule has 0 saturated carbocycles. The SMILES string of the molecule is Cc1ccccc1CNC(=O)COc1ccc2c(C)cc(=O)oc2c1. The molecule has 0 fully saturated rings. The van der Waals surface area contributed by atoms with Crippen LogP contribution in [-0.4, -0.2) is 12.5 Å². The summed E-state index contributed by atoms with van der Waals surface area (Å²) < 4.78 is 10.7. The lowest BCUT2D eigenvalue weighted by Crippen LogP contribution is -2.28. The van der Waals surface area contributed by atoms with Crippen LogP contribution >= 0.6 is 0 Å². The Morgan fingerprint density at radius 1 is 1.08 bits per heavy atom. The molecule has 0 unspecified atom stereocenters. The molecule has 0 radical (unpaired) electrons. The quantitative estimate of drug-likeness (QED) is 0.727.